The van der Waals surface area contributed by atoms with Gasteiger partial charge in [0, 0.05) is 5.02 Å². The number of nitrogens with two attached hydrogens (primary N) is 1. The zero-order chi connectivity index (χ0) is 14.7. The second-order valence-corrected chi connectivity index (χ2v) is 4.39. The summed E-state index contributed by atoms with van der Waals surface area (Å²) in [6.07, 6.45) is 0.0421. The Hall–Kier alpha value is -2.54. The Bertz CT molecular complexity index is 623. The minimum Gasteiger partial charge on any atom is -0.492 e. The first kappa shape index (κ1) is 13.9. The van der Waals surface area contributed by atoms with Crippen molar-refractivity contribution in [2.75, 3.05) is 11.1 Å². The van der Waals surface area contributed by atoms with Crippen LogP contribution in [0.5, 0.6) is 11.8 Å². The molecule has 0 bridgehead atoms. The monoisotopic (exact) mass is 294 g/mol. The molecule has 0 radical (unpaired) electrons. The lowest BCUT2D eigenvalue weighted by Gasteiger charge is -2.08. The van der Waals surface area contributed by atoms with Crippen molar-refractivity contribution >= 4 is 29.1 Å². The van der Waals surface area contributed by atoms with E-state index in [9.17, 15) is 15.0 Å². The van der Waals surface area contributed by atoms with Crippen LogP contribution in [0.4, 0.5) is 11.6 Å². The zero-order valence-electron chi connectivity index (χ0n) is 10.2. The van der Waals surface area contributed by atoms with Gasteiger partial charge < -0.3 is 21.3 Å². The van der Waals surface area contributed by atoms with Gasteiger partial charge in [0.1, 0.15) is 0 Å². The van der Waals surface area contributed by atoms with Crippen LogP contribution in [0.1, 0.15) is 5.56 Å². The molecule has 1 aromatic carbocycles. The molecule has 2 aromatic rings. The van der Waals surface area contributed by atoms with Gasteiger partial charge in [-0.3, -0.25) is 4.79 Å². The number of anilines is 2. The number of hydrogen-bond acceptors (Lipinski definition) is 6. The van der Waals surface area contributed by atoms with Crippen molar-refractivity contribution in [3.8, 4) is 11.8 Å². The maximum Gasteiger partial charge on any atom is 0.244 e. The number of aromatic nitrogens is 2. The standard InChI is InChI=1S/C12H11ClN4O3/c13-7-3-1-6(2-4-7)5-8(18)15-9-10(19)16-12(14)17-11(9)20/h1-4H,5H2,(H,15,18)(H4,14,16,17,19,20). The van der Waals surface area contributed by atoms with Gasteiger partial charge in [-0.05, 0) is 17.7 Å². The van der Waals surface area contributed by atoms with Crippen LogP contribution in [-0.4, -0.2) is 26.1 Å². The molecule has 7 nitrogen and oxygen atoms in total. The number of hydrogen-bond donors (Lipinski definition) is 4. The van der Waals surface area contributed by atoms with E-state index in [4.69, 9.17) is 17.3 Å². The largest absolute Gasteiger partial charge is 0.492 e. The maximum atomic E-state index is 11.8. The number of carbonyl (C=O) groups is 1. The van der Waals surface area contributed by atoms with Gasteiger partial charge in [-0.15, -0.1) is 0 Å². The van der Waals surface area contributed by atoms with Gasteiger partial charge in [0.05, 0.1) is 6.42 Å². The Morgan fingerprint density at radius 3 is 2.30 bits per heavy atom. The Balaban J connectivity index is 2.10. The smallest absolute Gasteiger partial charge is 0.244 e. The highest BCUT2D eigenvalue weighted by atomic mass is 35.5. The molecule has 0 aliphatic rings. The Labute approximate surface area is 119 Å². The summed E-state index contributed by atoms with van der Waals surface area (Å²) in [5.74, 6) is -1.94. The summed E-state index contributed by atoms with van der Waals surface area (Å²) in [6, 6.07) is 6.71. The maximum absolute atomic E-state index is 11.8. The summed E-state index contributed by atoms with van der Waals surface area (Å²) >= 11 is 5.74. The first-order valence-corrected chi connectivity index (χ1v) is 5.93. The molecule has 1 aromatic heterocycles. The SMILES string of the molecule is Nc1nc(O)c(NC(=O)Cc2ccc(Cl)cc2)c(O)n1. The van der Waals surface area contributed by atoms with Gasteiger partial charge in [0.2, 0.25) is 23.6 Å². The molecule has 0 aliphatic heterocycles. The molecule has 0 aliphatic carbocycles. The van der Waals surface area contributed by atoms with Crippen LogP contribution >= 0.6 is 11.6 Å². The van der Waals surface area contributed by atoms with E-state index in [1.807, 2.05) is 0 Å². The number of nitrogens with one attached hydrogen (secondary N) is 1. The van der Waals surface area contributed by atoms with Crippen LogP contribution in [0.3, 0.4) is 0 Å². The fourth-order valence-electron chi connectivity index (χ4n) is 1.54. The zero-order valence-corrected chi connectivity index (χ0v) is 10.9. The van der Waals surface area contributed by atoms with Crippen molar-refractivity contribution in [1.29, 1.82) is 0 Å². The minimum absolute atomic E-state index is 0.0421. The van der Waals surface area contributed by atoms with E-state index < -0.39 is 17.7 Å². The van der Waals surface area contributed by atoms with Crippen molar-refractivity contribution in [1.82, 2.24) is 9.97 Å². The molecule has 8 heteroatoms. The van der Waals surface area contributed by atoms with Crippen molar-refractivity contribution < 1.29 is 15.0 Å². The number of amides is 1. The van der Waals surface area contributed by atoms with Crippen molar-refractivity contribution in [2.24, 2.45) is 0 Å². The quantitative estimate of drug-likeness (QED) is 0.677. The molecule has 0 fully saturated rings. The number of benzene rings is 1. The summed E-state index contributed by atoms with van der Waals surface area (Å²) in [5.41, 5.74) is 5.67. The molecular formula is C12H11ClN4O3. The molecule has 2 rings (SSSR count). The highest BCUT2D eigenvalue weighted by Crippen LogP contribution is 2.29. The molecule has 0 spiro atoms. The lowest BCUT2D eigenvalue weighted by Crippen LogP contribution is -2.15. The lowest BCUT2D eigenvalue weighted by molar-refractivity contribution is -0.115. The summed E-state index contributed by atoms with van der Waals surface area (Å²) in [7, 11) is 0. The van der Waals surface area contributed by atoms with Gasteiger partial charge in [-0.1, -0.05) is 23.7 Å². The molecule has 20 heavy (non-hydrogen) atoms. The van der Waals surface area contributed by atoms with E-state index in [0.717, 1.165) is 5.56 Å². The van der Waals surface area contributed by atoms with Gasteiger partial charge in [0.15, 0.2) is 5.69 Å². The third kappa shape index (κ3) is 3.27. The van der Waals surface area contributed by atoms with Crippen LogP contribution in [0.2, 0.25) is 5.02 Å². The van der Waals surface area contributed by atoms with E-state index in [1.165, 1.54) is 0 Å². The fraction of sp³-hybridized carbons (Fsp3) is 0.0833. The van der Waals surface area contributed by atoms with E-state index >= 15 is 0 Å². The van der Waals surface area contributed by atoms with E-state index in [-0.39, 0.29) is 18.1 Å². The molecular weight excluding hydrogens is 284 g/mol. The number of nitrogen functional groups attached to an aromatic ring is 1. The summed E-state index contributed by atoms with van der Waals surface area (Å²) < 4.78 is 0. The lowest BCUT2D eigenvalue weighted by atomic mass is 10.1. The van der Waals surface area contributed by atoms with Gasteiger partial charge in [0.25, 0.3) is 0 Å². The van der Waals surface area contributed by atoms with Crippen molar-refractivity contribution in [3.05, 3.63) is 34.9 Å². The van der Waals surface area contributed by atoms with Gasteiger partial charge in [-0.25, -0.2) is 0 Å². The predicted molar refractivity (Wildman–Crippen MR) is 73.6 cm³/mol. The highest BCUT2D eigenvalue weighted by Gasteiger charge is 2.15. The molecule has 5 N–H and O–H groups in total. The number of aromatic hydroxyl groups is 2. The molecule has 104 valence electrons. The van der Waals surface area contributed by atoms with Gasteiger partial charge in [-0.2, -0.15) is 9.97 Å². The van der Waals surface area contributed by atoms with Crippen molar-refractivity contribution in [3.63, 3.8) is 0 Å². The van der Waals surface area contributed by atoms with Crippen LogP contribution in [-0.2, 0) is 11.2 Å². The average molecular weight is 295 g/mol. The molecule has 0 unspecified atom stereocenters. The summed E-state index contributed by atoms with van der Waals surface area (Å²) in [4.78, 5) is 18.7. The number of halogens is 1. The second-order valence-electron chi connectivity index (χ2n) is 3.96. The molecule has 0 atom stereocenters. The Morgan fingerprint density at radius 1 is 1.20 bits per heavy atom. The summed E-state index contributed by atoms with van der Waals surface area (Å²) in [6.45, 7) is 0. The topological polar surface area (TPSA) is 121 Å². The summed E-state index contributed by atoms with van der Waals surface area (Å²) in [5, 5.41) is 21.9. The number of nitrogens with zero attached hydrogens (tertiary/aromatic N) is 2. The first-order valence-electron chi connectivity index (χ1n) is 5.55. The number of carbonyl (C=O) groups excluding carboxylic acids is 1. The van der Waals surface area contributed by atoms with Crippen molar-refractivity contribution in [2.45, 2.75) is 6.42 Å². The van der Waals surface area contributed by atoms with Crippen LogP contribution in [0.15, 0.2) is 24.3 Å². The third-order valence-corrected chi connectivity index (χ3v) is 2.68. The van der Waals surface area contributed by atoms with E-state index in [2.05, 4.69) is 15.3 Å². The molecule has 1 amide bonds. The van der Waals surface area contributed by atoms with E-state index in [0.29, 0.717) is 5.02 Å². The second kappa shape index (κ2) is 5.62. The third-order valence-electron chi connectivity index (χ3n) is 2.43. The van der Waals surface area contributed by atoms with Gasteiger partial charge >= 0.3 is 0 Å². The fourth-order valence-corrected chi connectivity index (χ4v) is 1.66. The van der Waals surface area contributed by atoms with Crippen LogP contribution in [0.25, 0.3) is 0 Å². The molecule has 1 heterocycles. The molecule has 0 saturated carbocycles. The van der Waals surface area contributed by atoms with Crippen LogP contribution in [0, 0.1) is 0 Å². The highest BCUT2D eigenvalue weighted by molar-refractivity contribution is 6.30. The molecule has 0 saturated heterocycles. The average Bonchev–Trinajstić information content (AvgIpc) is 2.36. The van der Waals surface area contributed by atoms with E-state index in [1.54, 1.807) is 24.3 Å². The normalized spacial score (nSPS) is 10.2. The Kier molecular flexibility index (Phi) is 3.90. The Morgan fingerprint density at radius 2 is 1.75 bits per heavy atom. The first-order chi connectivity index (χ1) is 9.45. The number of rotatable bonds is 3. The minimum atomic E-state index is -0.598. The van der Waals surface area contributed by atoms with Crippen LogP contribution < -0.4 is 11.1 Å². The predicted octanol–water partition coefficient (Wildman–Crippen LogP) is 1.30.